The number of rotatable bonds is 0. The minimum Gasteiger partial charge on any atom is -0.310 e. The molecule has 20 heavy (non-hydrogen) atoms. The third-order valence-electron chi connectivity index (χ3n) is 3.94. The van der Waals surface area contributed by atoms with E-state index in [1.165, 1.54) is 15.5 Å². The van der Waals surface area contributed by atoms with Crippen molar-refractivity contribution in [3.05, 3.63) is 58.4 Å². The van der Waals surface area contributed by atoms with E-state index < -0.39 is 0 Å². The molecule has 2 nitrogen and oxygen atoms in total. The molecule has 0 saturated heterocycles. The van der Waals surface area contributed by atoms with Crippen LogP contribution < -0.4 is 5.56 Å². The number of pyridine rings is 1. The summed E-state index contributed by atoms with van der Waals surface area (Å²) < 4.78 is 3.81. The van der Waals surface area contributed by atoms with E-state index in [2.05, 4.69) is 37.3 Å². The third kappa shape index (κ3) is 1.36. The second-order valence-corrected chi connectivity index (χ2v) is 6.19. The van der Waals surface area contributed by atoms with Gasteiger partial charge in [0.15, 0.2) is 0 Å². The summed E-state index contributed by atoms with van der Waals surface area (Å²) in [5, 5.41) is 3.45. The lowest BCUT2D eigenvalue weighted by molar-refractivity contribution is 0.916. The summed E-state index contributed by atoms with van der Waals surface area (Å²) in [6, 6.07) is 14.5. The molecule has 0 saturated carbocycles. The smallest absolute Gasteiger partial charge is 0.268 e. The lowest BCUT2D eigenvalue weighted by Crippen LogP contribution is -2.16. The van der Waals surface area contributed by atoms with Gasteiger partial charge < -0.3 is 4.57 Å². The molecule has 4 rings (SSSR count). The third-order valence-corrected chi connectivity index (χ3v) is 5.10. The molecule has 0 amide bonds. The predicted octanol–water partition coefficient (Wildman–Crippen LogP) is 4.21. The normalized spacial score (nSPS) is 11.7. The first-order chi connectivity index (χ1) is 9.68. The van der Waals surface area contributed by atoms with Crippen molar-refractivity contribution in [3.63, 3.8) is 0 Å². The van der Waals surface area contributed by atoms with E-state index in [1.54, 1.807) is 15.9 Å². The van der Waals surface area contributed by atoms with Crippen LogP contribution in [-0.2, 0) is 7.05 Å². The molecule has 0 N–H and O–H groups in total. The number of para-hydroxylation sites is 1. The van der Waals surface area contributed by atoms with Gasteiger partial charge in [0.05, 0.1) is 5.52 Å². The Labute approximate surface area is 119 Å². The standard InChI is InChI=1S/C17H13NOS/c1-10-6-5-8-12-14-11-7-3-4-9-13(11)20-16(14)17(19)18(2)15(10)12/h3-9H,1-2H3. The highest BCUT2D eigenvalue weighted by Crippen LogP contribution is 2.36. The van der Waals surface area contributed by atoms with Crippen molar-refractivity contribution in [1.29, 1.82) is 0 Å². The van der Waals surface area contributed by atoms with Gasteiger partial charge in [-0.2, -0.15) is 0 Å². The summed E-state index contributed by atoms with van der Waals surface area (Å²) in [6.45, 7) is 2.06. The highest BCUT2D eigenvalue weighted by atomic mass is 32.1. The highest BCUT2D eigenvalue weighted by molar-refractivity contribution is 7.26. The fourth-order valence-corrected chi connectivity index (χ4v) is 4.22. The van der Waals surface area contributed by atoms with E-state index in [-0.39, 0.29) is 5.56 Å². The number of aromatic nitrogens is 1. The van der Waals surface area contributed by atoms with E-state index in [9.17, 15) is 4.79 Å². The fourth-order valence-electron chi connectivity index (χ4n) is 3.02. The maximum Gasteiger partial charge on any atom is 0.268 e. The molecule has 2 heterocycles. The largest absolute Gasteiger partial charge is 0.310 e. The van der Waals surface area contributed by atoms with Crippen molar-refractivity contribution in [1.82, 2.24) is 4.57 Å². The van der Waals surface area contributed by atoms with E-state index >= 15 is 0 Å². The zero-order valence-electron chi connectivity index (χ0n) is 11.3. The van der Waals surface area contributed by atoms with Gasteiger partial charge in [-0.25, -0.2) is 0 Å². The Hall–Kier alpha value is -2.13. The van der Waals surface area contributed by atoms with Gasteiger partial charge >= 0.3 is 0 Å². The molecule has 0 fully saturated rings. The van der Waals surface area contributed by atoms with Crippen LogP contribution in [0.15, 0.2) is 47.3 Å². The molecule has 2 aromatic heterocycles. The van der Waals surface area contributed by atoms with Crippen LogP contribution in [0.5, 0.6) is 0 Å². The number of thiophene rings is 1. The Balaban J connectivity index is 2.47. The molecule has 0 radical (unpaired) electrons. The van der Waals surface area contributed by atoms with Gasteiger partial charge in [0.25, 0.3) is 5.56 Å². The lowest BCUT2D eigenvalue weighted by Gasteiger charge is -2.09. The van der Waals surface area contributed by atoms with Crippen molar-refractivity contribution >= 4 is 42.4 Å². The molecular weight excluding hydrogens is 266 g/mol. The van der Waals surface area contributed by atoms with Gasteiger partial charge in [-0.1, -0.05) is 36.4 Å². The minimum absolute atomic E-state index is 0.100. The average molecular weight is 279 g/mol. The first-order valence-electron chi connectivity index (χ1n) is 6.58. The number of fused-ring (bicyclic) bond motifs is 5. The Morgan fingerprint density at radius 3 is 2.60 bits per heavy atom. The zero-order valence-corrected chi connectivity index (χ0v) is 12.1. The van der Waals surface area contributed by atoms with Gasteiger partial charge in [-0.05, 0) is 18.6 Å². The van der Waals surface area contributed by atoms with Gasteiger partial charge in [0.1, 0.15) is 4.70 Å². The van der Waals surface area contributed by atoms with Crippen molar-refractivity contribution < 1.29 is 0 Å². The molecule has 0 spiro atoms. The number of hydrogen-bond donors (Lipinski definition) is 0. The van der Waals surface area contributed by atoms with Crippen LogP contribution in [0, 0.1) is 6.92 Å². The van der Waals surface area contributed by atoms with Crippen LogP contribution in [0.3, 0.4) is 0 Å². The lowest BCUT2D eigenvalue weighted by atomic mass is 10.0. The van der Waals surface area contributed by atoms with E-state index in [1.807, 2.05) is 19.2 Å². The highest BCUT2D eigenvalue weighted by Gasteiger charge is 2.14. The predicted molar refractivity (Wildman–Crippen MR) is 86.8 cm³/mol. The molecule has 0 aliphatic rings. The Bertz CT molecular complexity index is 1040. The van der Waals surface area contributed by atoms with Crippen LogP contribution in [0.1, 0.15) is 5.56 Å². The maximum atomic E-state index is 12.6. The molecule has 0 aliphatic heterocycles. The molecule has 2 aromatic carbocycles. The number of nitrogens with zero attached hydrogens (tertiary/aromatic N) is 1. The molecule has 0 unspecified atom stereocenters. The van der Waals surface area contributed by atoms with Crippen molar-refractivity contribution in [2.24, 2.45) is 7.05 Å². The van der Waals surface area contributed by atoms with Gasteiger partial charge in [-0.3, -0.25) is 4.79 Å². The Morgan fingerprint density at radius 1 is 1.00 bits per heavy atom. The van der Waals surface area contributed by atoms with E-state index in [0.29, 0.717) is 0 Å². The van der Waals surface area contributed by atoms with Gasteiger partial charge in [0, 0.05) is 27.9 Å². The number of hydrogen-bond acceptors (Lipinski definition) is 2. The second-order valence-electron chi connectivity index (χ2n) is 5.14. The van der Waals surface area contributed by atoms with Crippen LogP contribution >= 0.6 is 11.3 Å². The van der Waals surface area contributed by atoms with Crippen LogP contribution in [0.4, 0.5) is 0 Å². The van der Waals surface area contributed by atoms with Crippen LogP contribution in [-0.4, -0.2) is 4.57 Å². The summed E-state index contributed by atoms with van der Waals surface area (Å²) in [4.78, 5) is 12.6. The van der Waals surface area contributed by atoms with E-state index in [4.69, 9.17) is 0 Å². The summed E-state index contributed by atoms with van der Waals surface area (Å²) in [5.41, 5.74) is 2.27. The van der Waals surface area contributed by atoms with Crippen molar-refractivity contribution in [2.75, 3.05) is 0 Å². The molecular formula is C17H13NOS. The molecule has 0 aliphatic carbocycles. The Morgan fingerprint density at radius 2 is 1.75 bits per heavy atom. The first-order valence-corrected chi connectivity index (χ1v) is 7.39. The summed E-state index contributed by atoms with van der Waals surface area (Å²) >= 11 is 1.59. The van der Waals surface area contributed by atoms with Crippen LogP contribution in [0.2, 0.25) is 0 Å². The maximum absolute atomic E-state index is 12.6. The Kier molecular flexibility index (Phi) is 2.30. The number of benzene rings is 2. The van der Waals surface area contributed by atoms with Crippen molar-refractivity contribution in [3.8, 4) is 0 Å². The van der Waals surface area contributed by atoms with Gasteiger partial charge in [-0.15, -0.1) is 11.3 Å². The average Bonchev–Trinajstić information content (AvgIpc) is 2.84. The number of aryl methyl sites for hydroxylation is 2. The second kappa shape index (κ2) is 3.93. The topological polar surface area (TPSA) is 22.0 Å². The fraction of sp³-hybridized carbons (Fsp3) is 0.118. The quantitative estimate of drug-likeness (QED) is 0.472. The molecule has 3 heteroatoms. The molecule has 4 aromatic rings. The SMILES string of the molecule is Cc1cccc2c3c(sc4ccccc43)c(=O)n(C)c12. The monoisotopic (exact) mass is 279 g/mol. The van der Waals surface area contributed by atoms with Gasteiger partial charge in [0.2, 0.25) is 0 Å². The van der Waals surface area contributed by atoms with Crippen LogP contribution in [0.25, 0.3) is 31.1 Å². The first kappa shape index (κ1) is 11.7. The summed E-state index contributed by atoms with van der Waals surface area (Å²) in [7, 11) is 1.86. The molecule has 0 atom stereocenters. The molecule has 0 bridgehead atoms. The van der Waals surface area contributed by atoms with E-state index in [0.717, 1.165) is 21.2 Å². The van der Waals surface area contributed by atoms with Crippen molar-refractivity contribution in [2.45, 2.75) is 6.92 Å². The zero-order chi connectivity index (χ0) is 13.9. The molecule has 98 valence electrons. The summed E-state index contributed by atoms with van der Waals surface area (Å²) in [5.74, 6) is 0. The minimum atomic E-state index is 0.100. The summed E-state index contributed by atoms with van der Waals surface area (Å²) in [6.07, 6.45) is 0.